The number of nitrogens with zero attached hydrogens (tertiary/aromatic N) is 7. The highest BCUT2D eigenvalue weighted by Crippen LogP contribution is 2.40. The fourth-order valence-corrected chi connectivity index (χ4v) is 7.54. The topological polar surface area (TPSA) is 76.7 Å². The van der Waals surface area contributed by atoms with Crippen LogP contribution < -0.4 is 0 Å². The third-order valence-corrected chi connectivity index (χ3v) is 10.0. The average molecular weight is 690 g/mol. The molecule has 0 unspecified atom stereocenters. The predicted molar refractivity (Wildman–Crippen MR) is 216 cm³/mol. The second kappa shape index (κ2) is 12.4. The third kappa shape index (κ3) is 4.92. The molecule has 0 saturated heterocycles. The third-order valence-electron chi connectivity index (χ3n) is 10.0. The van der Waals surface area contributed by atoms with Crippen LogP contribution in [0.25, 0.3) is 94.0 Å². The summed E-state index contributed by atoms with van der Waals surface area (Å²) in [6, 6.07) is 57.1. The van der Waals surface area contributed by atoms with E-state index in [-0.39, 0.29) is 0 Å². The molecule has 0 bridgehead atoms. The first-order chi connectivity index (χ1) is 26.7. The summed E-state index contributed by atoms with van der Waals surface area (Å²) in [5.41, 5.74) is 9.50. The van der Waals surface area contributed by atoms with Gasteiger partial charge in [0, 0.05) is 43.9 Å². The second-order valence-corrected chi connectivity index (χ2v) is 13.1. The van der Waals surface area contributed by atoms with Crippen LogP contribution in [0, 0.1) is 17.9 Å². The van der Waals surface area contributed by atoms with Gasteiger partial charge in [0.1, 0.15) is 6.07 Å². The molecule has 0 aliphatic heterocycles. The van der Waals surface area contributed by atoms with E-state index in [1.54, 1.807) is 0 Å². The molecule has 10 aromatic rings. The van der Waals surface area contributed by atoms with Gasteiger partial charge in [-0.1, -0.05) is 109 Å². The average Bonchev–Trinajstić information content (AvgIpc) is 3.75. The smallest absolute Gasteiger partial charge is 0.187 e. The van der Waals surface area contributed by atoms with Crippen molar-refractivity contribution in [2.45, 2.75) is 0 Å². The van der Waals surface area contributed by atoms with Gasteiger partial charge in [-0.05, 0) is 54.6 Å². The Hall–Kier alpha value is -7.87. The van der Waals surface area contributed by atoms with Gasteiger partial charge in [-0.15, -0.1) is 0 Å². The first-order valence-electron chi connectivity index (χ1n) is 17.5. The Morgan fingerprint density at radius 3 is 1.52 bits per heavy atom. The lowest BCUT2D eigenvalue weighted by Gasteiger charge is -2.13. The molecule has 3 heterocycles. The highest BCUT2D eigenvalue weighted by atomic mass is 15.0. The Morgan fingerprint density at radius 2 is 0.963 bits per heavy atom. The first-order valence-corrected chi connectivity index (χ1v) is 17.5. The van der Waals surface area contributed by atoms with Crippen LogP contribution in [-0.2, 0) is 0 Å². The molecule has 0 radical (unpaired) electrons. The van der Waals surface area contributed by atoms with E-state index < -0.39 is 0 Å². The molecule has 10 rings (SSSR count). The SMILES string of the molecule is [C-]#[N+]c1ccc(-n2c3ccccc3c3cc4c(cc32)c2ccccc2n4-c2ccc(-c3nc(-c4ccccc4)nc(-c4ccccc4)n3)cc2C#N)cc1. The van der Waals surface area contributed by atoms with E-state index in [0.29, 0.717) is 28.7 Å². The monoisotopic (exact) mass is 689 g/mol. The summed E-state index contributed by atoms with van der Waals surface area (Å²) >= 11 is 0. The Kier molecular flexibility index (Phi) is 7.11. The molecule has 3 aromatic heterocycles. The second-order valence-electron chi connectivity index (χ2n) is 13.1. The Labute approximate surface area is 310 Å². The van der Waals surface area contributed by atoms with Crippen molar-refractivity contribution in [1.29, 1.82) is 5.26 Å². The molecule has 0 saturated carbocycles. The summed E-state index contributed by atoms with van der Waals surface area (Å²) in [4.78, 5) is 18.3. The van der Waals surface area contributed by atoms with Gasteiger partial charge >= 0.3 is 0 Å². The molecule has 7 aromatic carbocycles. The van der Waals surface area contributed by atoms with Gasteiger partial charge in [0.25, 0.3) is 0 Å². The fraction of sp³-hybridized carbons (Fsp3) is 0. The van der Waals surface area contributed by atoms with E-state index >= 15 is 0 Å². The van der Waals surface area contributed by atoms with Crippen LogP contribution in [0.5, 0.6) is 0 Å². The summed E-state index contributed by atoms with van der Waals surface area (Å²) in [5, 5.41) is 15.1. The minimum Gasteiger partial charge on any atom is -0.309 e. The minimum absolute atomic E-state index is 0.493. The van der Waals surface area contributed by atoms with E-state index in [1.165, 1.54) is 0 Å². The van der Waals surface area contributed by atoms with Crippen LogP contribution in [0.15, 0.2) is 164 Å². The van der Waals surface area contributed by atoms with Gasteiger partial charge in [-0.3, -0.25) is 0 Å². The van der Waals surface area contributed by atoms with Crippen LogP contribution in [-0.4, -0.2) is 24.1 Å². The molecule has 0 atom stereocenters. The standard InChI is InChI=1S/C47H27N7/c1-49-34-21-23-35(24-22-34)53-41-18-10-8-16-36(41)38-28-44-39(27-43(38)53)37-17-9-11-19-42(37)54(44)40-25-20-32(26-33(40)29-48)47-51-45(30-12-4-2-5-13-30)50-46(52-47)31-14-6-3-7-15-31/h2-28H. The maximum atomic E-state index is 10.7. The van der Waals surface area contributed by atoms with E-state index in [0.717, 1.165) is 71.7 Å². The number of benzene rings is 7. The van der Waals surface area contributed by atoms with Crippen LogP contribution in [0.1, 0.15) is 5.56 Å². The summed E-state index contributed by atoms with van der Waals surface area (Å²) in [6.45, 7) is 7.44. The van der Waals surface area contributed by atoms with Crippen molar-refractivity contribution in [2.75, 3.05) is 0 Å². The van der Waals surface area contributed by atoms with Crippen LogP contribution in [0.3, 0.4) is 0 Å². The number of hydrogen-bond acceptors (Lipinski definition) is 4. The molecule has 250 valence electrons. The van der Waals surface area contributed by atoms with E-state index in [9.17, 15) is 5.26 Å². The van der Waals surface area contributed by atoms with Gasteiger partial charge in [-0.2, -0.15) is 5.26 Å². The molecule has 0 aliphatic carbocycles. The van der Waals surface area contributed by atoms with Gasteiger partial charge in [-0.25, -0.2) is 19.8 Å². The van der Waals surface area contributed by atoms with Gasteiger partial charge in [0.15, 0.2) is 23.2 Å². The maximum absolute atomic E-state index is 10.7. The van der Waals surface area contributed by atoms with Crippen molar-refractivity contribution in [1.82, 2.24) is 24.1 Å². The quantitative estimate of drug-likeness (QED) is 0.169. The molecular weight excluding hydrogens is 663 g/mol. The lowest BCUT2D eigenvalue weighted by atomic mass is 10.1. The predicted octanol–water partition coefficient (Wildman–Crippen LogP) is 11.5. The fourth-order valence-electron chi connectivity index (χ4n) is 7.54. The number of para-hydroxylation sites is 2. The maximum Gasteiger partial charge on any atom is 0.187 e. The van der Waals surface area contributed by atoms with Crippen molar-refractivity contribution >= 4 is 49.3 Å². The molecule has 0 fully saturated rings. The largest absolute Gasteiger partial charge is 0.309 e. The van der Waals surface area contributed by atoms with E-state index in [4.69, 9.17) is 21.5 Å². The zero-order chi connectivity index (χ0) is 36.2. The van der Waals surface area contributed by atoms with E-state index in [2.05, 4.69) is 74.6 Å². The summed E-state index contributed by atoms with van der Waals surface area (Å²) in [5.74, 6) is 1.62. The van der Waals surface area contributed by atoms with Gasteiger partial charge in [0.05, 0.1) is 39.9 Å². The highest BCUT2D eigenvalue weighted by Gasteiger charge is 2.21. The van der Waals surface area contributed by atoms with Crippen molar-refractivity contribution in [3.05, 3.63) is 181 Å². The van der Waals surface area contributed by atoms with Gasteiger partial charge < -0.3 is 9.13 Å². The highest BCUT2D eigenvalue weighted by molar-refractivity contribution is 6.19. The summed E-state index contributed by atoms with van der Waals surface area (Å²) < 4.78 is 4.46. The van der Waals surface area contributed by atoms with Crippen molar-refractivity contribution < 1.29 is 0 Å². The van der Waals surface area contributed by atoms with Gasteiger partial charge in [0.2, 0.25) is 0 Å². The molecular formula is C47H27N7. The molecule has 54 heavy (non-hydrogen) atoms. The van der Waals surface area contributed by atoms with Crippen LogP contribution >= 0.6 is 0 Å². The summed E-state index contributed by atoms with van der Waals surface area (Å²) in [7, 11) is 0. The number of aromatic nitrogens is 5. The number of hydrogen-bond donors (Lipinski definition) is 0. The number of nitriles is 1. The minimum atomic E-state index is 0.493. The zero-order valence-corrected chi connectivity index (χ0v) is 28.7. The van der Waals surface area contributed by atoms with E-state index in [1.807, 2.05) is 109 Å². The number of fused-ring (bicyclic) bond motifs is 6. The Morgan fingerprint density at radius 1 is 0.463 bits per heavy atom. The molecule has 7 heteroatoms. The van der Waals surface area contributed by atoms with Crippen molar-refractivity contribution in [2.24, 2.45) is 0 Å². The molecule has 0 spiro atoms. The van der Waals surface area contributed by atoms with Crippen molar-refractivity contribution in [3.63, 3.8) is 0 Å². The lowest BCUT2D eigenvalue weighted by Crippen LogP contribution is -2.02. The normalized spacial score (nSPS) is 11.3. The molecule has 0 aliphatic rings. The lowest BCUT2D eigenvalue weighted by molar-refractivity contribution is 1.07. The molecule has 7 nitrogen and oxygen atoms in total. The van der Waals surface area contributed by atoms with Crippen LogP contribution in [0.2, 0.25) is 0 Å². The zero-order valence-electron chi connectivity index (χ0n) is 28.7. The Balaban J connectivity index is 1.19. The Bertz CT molecular complexity index is 3110. The van der Waals surface area contributed by atoms with Crippen LogP contribution in [0.4, 0.5) is 5.69 Å². The van der Waals surface area contributed by atoms with Crippen molar-refractivity contribution in [3.8, 4) is 51.6 Å². The molecule has 0 N–H and O–H groups in total. The first kappa shape index (κ1) is 30.9. The molecule has 0 amide bonds. The number of rotatable bonds is 5. The summed E-state index contributed by atoms with van der Waals surface area (Å²) in [6.07, 6.45) is 0.